The smallest absolute Gasteiger partial charge is 0.320 e. The molecule has 0 fully saturated rings. The number of aryl methyl sites for hydroxylation is 1. The summed E-state index contributed by atoms with van der Waals surface area (Å²) < 4.78 is 8.95. The number of furan rings is 1. The van der Waals surface area contributed by atoms with Crippen molar-refractivity contribution in [1.82, 2.24) is 24.9 Å². The molecule has 0 aromatic carbocycles. The Morgan fingerprint density at radius 1 is 1.26 bits per heavy atom. The first kappa shape index (κ1) is 14.9. The number of urea groups is 1. The molecule has 0 radical (unpaired) electrons. The Balaban J connectivity index is 1.51. The highest BCUT2D eigenvalue weighted by Crippen LogP contribution is 2.12. The number of rotatable bonds is 6. The van der Waals surface area contributed by atoms with E-state index >= 15 is 0 Å². The summed E-state index contributed by atoms with van der Waals surface area (Å²) in [5, 5.41) is 13.8. The Labute approximate surface area is 133 Å². The van der Waals surface area contributed by atoms with E-state index in [2.05, 4.69) is 20.8 Å². The minimum absolute atomic E-state index is 0.283. The van der Waals surface area contributed by atoms with E-state index in [1.165, 1.54) is 0 Å². The molecule has 3 rings (SSSR count). The molecule has 0 aliphatic carbocycles. The number of nitrogens with one attached hydrogen (secondary N) is 2. The van der Waals surface area contributed by atoms with Gasteiger partial charge in [0, 0.05) is 25.0 Å². The third-order valence-electron chi connectivity index (χ3n) is 3.25. The van der Waals surface area contributed by atoms with Gasteiger partial charge in [-0.3, -0.25) is 10.00 Å². The van der Waals surface area contributed by atoms with E-state index in [0.717, 1.165) is 11.5 Å². The predicted octanol–water partition coefficient (Wildman–Crippen LogP) is 1.85. The maximum atomic E-state index is 11.9. The Bertz CT molecular complexity index is 759. The van der Waals surface area contributed by atoms with Crippen molar-refractivity contribution < 1.29 is 9.21 Å². The fraction of sp³-hybridized carbons (Fsp3) is 0.267. The summed E-state index contributed by atoms with van der Waals surface area (Å²) in [7, 11) is 0. The van der Waals surface area contributed by atoms with Crippen molar-refractivity contribution in [2.24, 2.45) is 0 Å². The van der Waals surface area contributed by atoms with Crippen LogP contribution in [0.2, 0.25) is 0 Å². The molecule has 8 heteroatoms. The minimum atomic E-state index is -0.283. The molecule has 0 spiro atoms. The molecule has 8 nitrogen and oxygen atoms in total. The molecule has 0 atom stereocenters. The van der Waals surface area contributed by atoms with Crippen molar-refractivity contribution in [2.75, 3.05) is 11.9 Å². The van der Waals surface area contributed by atoms with Crippen LogP contribution in [0.5, 0.6) is 0 Å². The van der Waals surface area contributed by atoms with Crippen LogP contribution in [0.1, 0.15) is 11.5 Å². The van der Waals surface area contributed by atoms with Crippen molar-refractivity contribution in [3.8, 4) is 0 Å². The SMILES string of the molecule is Cc1ccc(Cn2nccc2NC(=O)NCCn2cccn2)o1. The molecule has 23 heavy (non-hydrogen) atoms. The van der Waals surface area contributed by atoms with Gasteiger partial charge >= 0.3 is 6.03 Å². The molecule has 3 heterocycles. The standard InChI is InChI=1S/C15H18N6O2/c1-12-3-4-13(23-12)11-21-14(5-7-18-21)19-15(22)16-8-10-20-9-2-6-17-20/h2-7,9H,8,10-11H2,1H3,(H2,16,19,22). The zero-order chi connectivity index (χ0) is 16.1. The summed E-state index contributed by atoms with van der Waals surface area (Å²) >= 11 is 0. The highest BCUT2D eigenvalue weighted by atomic mass is 16.3. The van der Waals surface area contributed by atoms with Crippen LogP contribution in [0.25, 0.3) is 0 Å². The number of amides is 2. The lowest BCUT2D eigenvalue weighted by Crippen LogP contribution is -2.32. The van der Waals surface area contributed by atoms with E-state index in [-0.39, 0.29) is 6.03 Å². The van der Waals surface area contributed by atoms with Gasteiger partial charge in [-0.05, 0) is 25.1 Å². The van der Waals surface area contributed by atoms with E-state index < -0.39 is 0 Å². The van der Waals surface area contributed by atoms with Crippen LogP contribution in [-0.4, -0.2) is 32.1 Å². The second-order valence-electron chi connectivity index (χ2n) is 5.04. The van der Waals surface area contributed by atoms with Crippen LogP contribution in [-0.2, 0) is 13.1 Å². The van der Waals surface area contributed by atoms with Gasteiger partial charge in [0.25, 0.3) is 0 Å². The first-order valence-corrected chi connectivity index (χ1v) is 7.30. The monoisotopic (exact) mass is 314 g/mol. The molecule has 3 aromatic heterocycles. The number of hydrogen-bond donors (Lipinski definition) is 2. The molecule has 0 bridgehead atoms. The topological polar surface area (TPSA) is 89.9 Å². The third kappa shape index (κ3) is 4.00. The minimum Gasteiger partial charge on any atom is -0.464 e. The summed E-state index contributed by atoms with van der Waals surface area (Å²) in [6.45, 7) is 3.45. The van der Waals surface area contributed by atoms with Gasteiger partial charge in [0.15, 0.2) is 0 Å². The number of carbonyl (C=O) groups is 1. The molecule has 2 amide bonds. The first-order valence-electron chi connectivity index (χ1n) is 7.30. The summed E-state index contributed by atoms with van der Waals surface area (Å²) in [4.78, 5) is 11.9. The zero-order valence-electron chi connectivity index (χ0n) is 12.8. The fourth-order valence-electron chi connectivity index (χ4n) is 2.16. The highest BCUT2D eigenvalue weighted by Gasteiger charge is 2.09. The maximum Gasteiger partial charge on any atom is 0.320 e. The zero-order valence-corrected chi connectivity index (χ0v) is 12.8. The Hall–Kier alpha value is -3.03. The lowest BCUT2D eigenvalue weighted by molar-refractivity contribution is 0.251. The molecule has 0 saturated carbocycles. The van der Waals surface area contributed by atoms with Gasteiger partial charge in [-0.1, -0.05) is 0 Å². The number of aromatic nitrogens is 4. The van der Waals surface area contributed by atoms with Crippen molar-refractivity contribution in [3.63, 3.8) is 0 Å². The van der Waals surface area contributed by atoms with Crippen LogP contribution < -0.4 is 10.6 Å². The normalized spacial score (nSPS) is 10.7. The van der Waals surface area contributed by atoms with Gasteiger partial charge in [-0.2, -0.15) is 10.2 Å². The molecular weight excluding hydrogens is 296 g/mol. The van der Waals surface area contributed by atoms with E-state index in [1.807, 2.05) is 31.3 Å². The van der Waals surface area contributed by atoms with Crippen LogP contribution in [0.4, 0.5) is 10.6 Å². The second-order valence-corrected chi connectivity index (χ2v) is 5.04. The van der Waals surface area contributed by atoms with Gasteiger partial charge in [-0.15, -0.1) is 0 Å². The molecular formula is C15H18N6O2. The third-order valence-corrected chi connectivity index (χ3v) is 3.25. The van der Waals surface area contributed by atoms with Crippen LogP contribution >= 0.6 is 0 Å². The molecule has 0 aliphatic rings. The summed E-state index contributed by atoms with van der Waals surface area (Å²) in [5.41, 5.74) is 0. The Kier molecular flexibility index (Phi) is 4.41. The van der Waals surface area contributed by atoms with Crippen molar-refractivity contribution in [1.29, 1.82) is 0 Å². The van der Waals surface area contributed by atoms with Crippen LogP contribution in [0.15, 0.2) is 47.3 Å². The number of anilines is 1. The molecule has 120 valence electrons. The lowest BCUT2D eigenvalue weighted by atomic mass is 10.4. The quantitative estimate of drug-likeness (QED) is 0.726. The molecule has 3 aromatic rings. The average molecular weight is 314 g/mol. The molecule has 2 N–H and O–H groups in total. The Morgan fingerprint density at radius 3 is 2.91 bits per heavy atom. The summed E-state index contributed by atoms with van der Waals surface area (Å²) in [6, 6.07) is 7.09. The van der Waals surface area contributed by atoms with Crippen LogP contribution in [0, 0.1) is 6.92 Å². The second kappa shape index (κ2) is 6.82. The predicted molar refractivity (Wildman–Crippen MR) is 84.0 cm³/mol. The Morgan fingerprint density at radius 2 is 2.17 bits per heavy atom. The van der Waals surface area contributed by atoms with Gasteiger partial charge in [0.2, 0.25) is 0 Å². The first-order chi connectivity index (χ1) is 11.2. The maximum absolute atomic E-state index is 11.9. The number of hydrogen-bond acceptors (Lipinski definition) is 4. The largest absolute Gasteiger partial charge is 0.464 e. The highest BCUT2D eigenvalue weighted by molar-refractivity contribution is 5.88. The number of carbonyl (C=O) groups excluding carboxylic acids is 1. The van der Waals surface area contributed by atoms with Gasteiger partial charge in [0.1, 0.15) is 23.9 Å². The fourth-order valence-corrected chi connectivity index (χ4v) is 2.16. The summed E-state index contributed by atoms with van der Waals surface area (Å²) in [5.74, 6) is 2.24. The summed E-state index contributed by atoms with van der Waals surface area (Å²) in [6.07, 6.45) is 5.18. The van der Waals surface area contributed by atoms with Crippen molar-refractivity contribution in [3.05, 3.63) is 54.4 Å². The lowest BCUT2D eigenvalue weighted by Gasteiger charge is -2.09. The van der Waals surface area contributed by atoms with E-state index in [1.54, 1.807) is 27.8 Å². The van der Waals surface area contributed by atoms with E-state index in [4.69, 9.17) is 4.42 Å². The van der Waals surface area contributed by atoms with Crippen molar-refractivity contribution >= 4 is 11.8 Å². The van der Waals surface area contributed by atoms with E-state index in [9.17, 15) is 4.79 Å². The van der Waals surface area contributed by atoms with Gasteiger partial charge in [-0.25, -0.2) is 9.48 Å². The van der Waals surface area contributed by atoms with Gasteiger partial charge in [0.05, 0.1) is 12.7 Å². The van der Waals surface area contributed by atoms with Gasteiger partial charge < -0.3 is 9.73 Å². The average Bonchev–Trinajstić information content (AvgIpc) is 3.24. The van der Waals surface area contributed by atoms with Crippen molar-refractivity contribution in [2.45, 2.75) is 20.0 Å². The molecule has 0 aliphatic heterocycles. The van der Waals surface area contributed by atoms with E-state index in [0.29, 0.717) is 25.5 Å². The molecule has 0 saturated heterocycles. The number of nitrogens with zero attached hydrogens (tertiary/aromatic N) is 4. The molecule has 0 unspecified atom stereocenters. The van der Waals surface area contributed by atoms with Crippen LogP contribution in [0.3, 0.4) is 0 Å².